The highest BCUT2D eigenvalue weighted by Crippen LogP contribution is 2.42. The van der Waals surface area contributed by atoms with Crippen LogP contribution in [0.5, 0.6) is 0 Å². The van der Waals surface area contributed by atoms with Crippen molar-refractivity contribution in [3.05, 3.63) is 113 Å². The van der Waals surface area contributed by atoms with Gasteiger partial charge in [0.1, 0.15) is 0 Å². The summed E-state index contributed by atoms with van der Waals surface area (Å²) in [5.74, 6) is 1.12. The van der Waals surface area contributed by atoms with Gasteiger partial charge in [-0.1, -0.05) is 98.8 Å². The van der Waals surface area contributed by atoms with Crippen molar-refractivity contribution in [1.29, 1.82) is 5.41 Å². The summed E-state index contributed by atoms with van der Waals surface area (Å²) in [6, 6.07) is 29.8. The summed E-state index contributed by atoms with van der Waals surface area (Å²) in [4.78, 5) is 18.8. The van der Waals surface area contributed by atoms with E-state index < -0.39 is 0 Å². The molecular weight excluding hydrogens is 504 g/mol. The molecule has 4 atom stereocenters. The number of rotatable bonds is 9. The lowest BCUT2D eigenvalue weighted by Crippen LogP contribution is -2.45. The molecule has 2 saturated heterocycles. The third-order valence-electron chi connectivity index (χ3n) is 8.71. The standard InChI is InChI=1S/C36H44N4O/c1-26(2)24-39(3)25-30(21-37)31-16-10-11-17-32(31)33-22-38-23-34(33)36(41)40-19-18-29(27-12-6-4-7-13-27)20-35(40)28-14-8-5-9-15-28/h4-17,21,25-26,29,33-35,37-38H,18-20,22-24H2,1-3H3/b30-25+,37-21?/t29-,33-,34+,35+/m0/s1. The Morgan fingerprint density at radius 3 is 2.32 bits per heavy atom. The lowest BCUT2D eigenvalue weighted by molar-refractivity contribution is -0.139. The van der Waals surface area contributed by atoms with Crippen LogP contribution < -0.4 is 5.32 Å². The zero-order valence-electron chi connectivity index (χ0n) is 24.7. The van der Waals surface area contributed by atoms with E-state index in [2.05, 4.69) is 115 Å². The zero-order valence-corrected chi connectivity index (χ0v) is 24.7. The molecule has 5 nitrogen and oxygen atoms in total. The number of nitrogens with one attached hydrogen (secondary N) is 2. The Kier molecular flexibility index (Phi) is 9.35. The number of amides is 1. The fourth-order valence-electron chi connectivity index (χ4n) is 6.86. The van der Waals surface area contributed by atoms with Gasteiger partial charge in [-0.2, -0.15) is 0 Å². The van der Waals surface area contributed by atoms with E-state index in [1.807, 2.05) is 12.1 Å². The first-order valence-corrected chi connectivity index (χ1v) is 15.1. The maximum atomic E-state index is 14.5. The lowest BCUT2D eigenvalue weighted by Gasteiger charge is -2.42. The number of carbonyl (C=O) groups excluding carboxylic acids is 1. The molecule has 41 heavy (non-hydrogen) atoms. The molecule has 0 spiro atoms. The smallest absolute Gasteiger partial charge is 0.228 e. The maximum absolute atomic E-state index is 14.5. The highest BCUT2D eigenvalue weighted by molar-refractivity contribution is 6.08. The number of nitrogens with zero attached hydrogens (tertiary/aromatic N) is 2. The van der Waals surface area contributed by atoms with E-state index in [0.29, 0.717) is 18.4 Å². The normalized spacial score (nSPS) is 23.0. The molecule has 0 unspecified atom stereocenters. The SMILES string of the molecule is CC(C)CN(C)/C=C(\C=N)c1ccccc1[C@@H]1CNC[C@H]1C(=O)N1CC[C@H](c2ccccc2)C[C@@H]1c1ccccc1. The molecule has 2 heterocycles. The van der Waals surface area contributed by atoms with E-state index in [9.17, 15) is 4.79 Å². The van der Waals surface area contributed by atoms with E-state index in [1.165, 1.54) is 17.3 Å². The lowest BCUT2D eigenvalue weighted by atomic mass is 9.80. The van der Waals surface area contributed by atoms with Crippen molar-refractivity contribution in [2.75, 3.05) is 33.2 Å². The van der Waals surface area contributed by atoms with Gasteiger partial charge in [0.2, 0.25) is 5.91 Å². The third-order valence-corrected chi connectivity index (χ3v) is 8.71. The second kappa shape index (κ2) is 13.3. The van der Waals surface area contributed by atoms with Gasteiger partial charge in [0, 0.05) is 57.1 Å². The van der Waals surface area contributed by atoms with E-state index in [-0.39, 0.29) is 23.8 Å². The van der Waals surface area contributed by atoms with Crippen molar-refractivity contribution in [3.63, 3.8) is 0 Å². The first-order valence-electron chi connectivity index (χ1n) is 15.1. The van der Waals surface area contributed by atoms with Crippen LogP contribution in [-0.4, -0.2) is 55.1 Å². The number of piperidine rings is 1. The number of carbonyl (C=O) groups is 1. The minimum Gasteiger partial charge on any atom is -0.380 e. The summed E-state index contributed by atoms with van der Waals surface area (Å²) in [7, 11) is 2.07. The van der Waals surface area contributed by atoms with Gasteiger partial charge < -0.3 is 20.5 Å². The van der Waals surface area contributed by atoms with Crippen molar-refractivity contribution in [2.45, 2.75) is 44.6 Å². The van der Waals surface area contributed by atoms with Crippen molar-refractivity contribution in [3.8, 4) is 0 Å². The van der Waals surface area contributed by atoms with Crippen LogP contribution in [0.25, 0.3) is 5.57 Å². The fraction of sp³-hybridized carbons (Fsp3) is 0.389. The van der Waals surface area contributed by atoms with E-state index in [0.717, 1.165) is 49.2 Å². The summed E-state index contributed by atoms with van der Waals surface area (Å²) in [5, 5.41) is 11.8. The molecule has 2 aliphatic rings. The number of likely N-dealkylation sites (tertiary alicyclic amines) is 1. The van der Waals surface area contributed by atoms with Crippen LogP contribution in [-0.2, 0) is 4.79 Å². The van der Waals surface area contributed by atoms with E-state index >= 15 is 0 Å². The molecule has 2 aliphatic heterocycles. The highest BCUT2D eigenvalue weighted by atomic mass is 16.2. The molecule has 2 fully saturated rings. The van der Waals surface area contributed by atoms with Gasteiger partial charge in [0.25, 0.3) is 0 Å². The van der Waals surface area contributed by atoms with Gasteiger partial charge >= 0.3 is 0 Å². The molecule has 214 valence electrons. The summed E-state index contributed by atoms with van der Waals surface area (Å²) in [6.45, 7) is 7.52. The van der Waals surface area contributed by atoms with Crippen LogP contribution in [0, 0.1) is 17.2 Å². The topological polar surface area (TPSA) is 59.4 Å². The summed E-state index contributed by atoms with van der Waals surface area (Å²) >= 11 is 0. The molecule has 0 radical (unpaired) electrons. The minimum atomic E-state index is -0.143. The molecular formula is C36H44N4O. The number of benzene rings is 3. The van der Waals surface area contributed by atoms with Crippen LogP contribution in [0.3, 0.4) is 0 Å². The quantitative estimate of drug-likeness (QED) is 0.292. The second-order valence-electron chi connectivity index (χ2n) is 12.1. The summed E-state index contributed by atoms with van der Waals surface area (Å²) in [5.41, 5.74) is 5.66. The first kappa shape index (κ1) is 28.8. The van der Waals surface area contributed by atoms with Crippen LogP contribution in [0.1, 0.15) is 66.8 Å². The molecule has 5 heteroatoms. The molecule has 5 rings (SSSR count). The summed E-state index contributed by atoms with van der Waals surface area (Å²) < 4.78 is 0. The molecule has 0 aromatic heterocycles. The Morgan fingerprint density at radius 2 is 1.63 bits per heavy atom. The Morgan fingerprint density at radius 1 is 0.976 bits per heavy atom. The van der Waals surface area contributed by atoms with Crippen molar-refractivity contribution < 1.29 is 4.79 Å². The Bertz CT molecular complexity index is 1340. The van der Waals surface area contributed by atoms with E-state index in [1.54, 1.807) is 0 Å². The highest BCUT2D eigenvalue weighted by Gasteiger charge is 2.41. The molecule has 2 N–H and O–H groups in total. The van der Waals surface area contributed by atoms with Gasteiger partial charge in [0.05, 0.1) is 12.0 Å². The summed E-state index contributed by atoms with van der Waals surface area (Å²) in [6.07, 6.45) is 5.44. The van der Waals surface area contributed by atoms with Crippen LogP contribution in [0.2, 0.25) is 0 Å². The monoisotopic (exact) mass is 548 g/mol. The molecule has 0 saturated carbocycles. The predicted molar refractivity (Wildman–Crippen MR) is 169 cm³/mol. The van der Waals surface area contributed by atoms with Gasteiger partial charge in [-0.25, -0.2) is 0 Å². The van der Waals surface area contributed by atoms with Crippen LogP contribution in [0.4, 0.5) is 0 Å². The Hall–Kier alpha value is -3.70. The van der Waals surface area contributed by atoms with Crippen LogP contribution in [0.15, 0.2) is 91.1 Å². The minimum absolute atomic E-state index is 0.0562. The number of allylic oxidation sites excluding steroid dienone is 1. The molecule has 0 aliphatic carbocycles. The third kappa shape index (κ3) is 6.62. The number of hydrogen-bond donors (Lipinski definition) is 2. The Balaban J connectivity index is 1.43. The molecule has 0 bridgehead atoms. The van der Waals surface area contributed by atoms with Gasteiger partial charge in [-0.3, -0.25) is 4.79 Å². The Labute approximate surface area is 245 Å². The average molecular weight is 549 g/mol. The fourth-order valence-corrected chi connectivity index (χ4v) is 6.86. The average Bonchev–Trinajstić information content (AvgIpc) is 3.50. The number of hydrogen-bond acceptors (Lipinski definition) is 4. The van der Waals surface area contributed by atoms with Crippen molar-refractivity contribution in [1.82, 2.24) is 15.1 Å². The van der Waals surface area contributed by atoms with Gasteiger partial charge in [-0.15, -0.1) is 0 Å². The molecule has 3 aromatic carbocycles. The first-order chi connectivity index (χ1) is 20.0. The second-order valence-corrected chi connectivity index (χ2v) is 12.1. The van der Waals surface area contributed by atoms with Gasteiger partial charge in [0.15, 0.2) is 0 Å². The largest absolute Gasteiger partial charge is 0.380 e. The molecule has 1 amide bonds. The van der Waals surface area contributed by atoms with E-state index in [4.69, 9.17) is 5.41 Å². The van der Waals surface area contributed by atoms with Crippen LogP contribution >= 0.6 is 0 Å². The predicted octanol–water partition coefficient (Wildman–Crippen LogP) is 6.72. The van der Waals surface area contributed by atoms with Crippen molar-refractivity contribution >= 4 is 17.7 Å². The molecule has 3 aromatic rings. The van der Waals surface area contributed by atoms with Crippen molar-refractivity contribution in [2.24, 2.45) is 11.8 Å². The zero-order chi connectivity index (χ0) is 28.8. The van der Waals surface area contributed by atoms with Gasteiger partial charge in [-0.05, 0) is 46.9 Å². The maximum Gasteiger partial charge on any atom is 0.228 e.